The number of rotatable bonds is 20. The summed E-state index contributed by atoms with van der Waals surface area (Å²) in [6.07, 6.45) is 11.0. The van der Waals surface area contributed by atoms with Crippen LogP contribution in [-0.2, 0) is 27.5 Å². The summed E-state index contributed by atoms with van der Waals surface area (Å²) in [5.74, 6) is -0.515. The summed E-state index contributed by atoms with van der Waals surface area (Å²) >= 11 is 0. The Hall–Kier alpha value is -3.39. The number of unbranched alkanes of at least 4 members (excludes halogenated alkanes) is 7. The van der Waals surface area contributed by atoms with Crippen LogP contribution in [0.3, 0.4) is 0 Å². The molecule has 8 heteroatoms. The molecular weight excluding hydrogens is 480 g/mol. The van der Waals surface area contributed by atoms with Crippen molar-refractivity contribution in [2.24, 2.45) is 5.73 Å². The van der Waals surface area contributed by atoms with Crippen LogP contribution in [0.4, 0.5) is 4.79 Å². The van der Waals surface area contributed by atoms with Gasteiger partial charge in [0.25, 0.3) is 5.91 Å². The lowest BCUT2D eigenvalue weighted by atomic mass is 10.0. The number of hydrogen-bond acceptors (Lipinski definition) is 4. The SMILES string of the molecule is NC(=O)NCCCC[C@@H](NC(=O)CCCCCCCCCc1ccccc1)C(=O)NOCc1ccccc1. The van der Waals surface area contributed by atoms with E-state index < -0.39 is 12.1 Å². The van der Waals surface area contributed by atoms with Gasteiger partial charge in [-0.3, -0.25) is 14.4 Å². The second-order valence-corrected chi connectivity index (χ2v) is 9.61. The molecule has 0 aliphatic heterocycles. The highest BCUT2D eigenvalue weighted by Crippen LogP contribution is 2.12. The molecule has 0 unspecified atom stereocenters. The van der Waals surface area contributed by atoms with Gasteiger partial charge in [0.2, 0.25) is 5.91 Å². The third kappa shape index (κ3) is 15.0. The fourth-order valence-electron chi connectivity index (χ4n) is 4.20. The minimum absolute atomic E-state index is 0.133. The van der Waals surface area contributed by atoms with Gasteiger partial charge in [-0.1, -0.05) is 92.8 Å². The molecule has 5 N–H and O–H groups in total. The molecule has 2 aromatic rings. The average molecular weight is 525 g/mol. The van der Waals surface area contributed by atoms with Gasteiger partial charge in [0.15, 0.2) is 0 Å². The van der Waals surface area contributed by atoms with Gasteiger partial charge >= 0.3 is 6.03 Å². The van der Waals surface area contributed by atoms with E-state index in [1.54, 1.807) is 0 Å². The third-order valence-electron chi connectivity index (χ3n) is 6.34. The Morgan fingerprint density at radius 1 is 0.737 bits per heavy atom. The number of nitrogens with two attached hydrogens (primary N) is 1. The maximum atomic E-state index is 12.7. The van der Waals surface area contributed by atoms with Crippen molar-refractivity contribution < 1.29 is 19.2 Å². The van der Waals surface area contributed by atoms with Crippen LogP contribution in [0.1, 0.15) is 81.8 Å². The molecule has 4 amide bonds. The van der Waals surface area contributed by atoms with Crippen molar-refractivity contribution in [1.82, 2.24) is 16.1 Å². The fraction of sp³-hybridized carbons (Fsp3) is 0.500. The minimum Gasteiger partial charge on any atom is -0.352 e. The van der Waals surface area contributed by atoms with E-state index in [9.17, 15) is 14.4 Å². The highest BCUT2D eigenvalue weighted by atomic mass is 16.6. The van der Waals surface area contributed by atoms with Gasteiger partial charge in [0.05, 0.1) is 6.61 Å². The Bertz CT molecular complexity index is 924. The molecule has 38 heavy (non-hydrogen) atoms. The summed E-state index contributed by atoms with van der Waals surface area (Å²) in [6, 6.07) is 18.8. The van der Waals surface area contributed by atoms with Crippen molar-refractivity contribution in [1.29, 1.82) is 0 Å². The van der Waals surface area contributed by atoms with Crippen molar-refractivity contribution in [2.75, 3.05) is 6.54 Å². The Balaban J connectivity index is 1.61. The second-order valence-electron chi connectivity index (χ2n) is 9.61. The molecule has 0 saturated heterocycles. The van der Waals surface area contributed by atoms with Crippen LogP contribution >= 0.6 is 0 Å². The number of urea groups is 1. The number of carbonyl (C=O) groups is 3. The number of hydroxylamine groups is 1. The van der Waals surface area contributed by atoms with E-state index in [1.165, 1.54) is 31.2 Å². The first-order valence-corrected chi connectivity index (χ1v) is 13.9. The molecule has 0 radical (unpaired) electrons. The summed E-state index contributed by atoms with van der Waals surface area (Å²) in [7, 11) is 0. The van der Waals surface area contributed by atoms with Crippen LogP contribution in [0.15, 0.2) is 60.7 Å². The fourth-order valence-corrected chi connectivity index (χ4v) is 4.20. The second kappa shape index (κ2) is 19.7. The maximum absolute atomic E-state index is 12.7. The van der Waals surface area contributed by atoms with E-state index in [4.69, 9.17) is 10.6 Å². The number of amides is 4. The molecule has 0 saturated carbocycles. The molecule has 0 fully saturated rings. The lowest BCUT2D eigenvalue weighted by Crippen LogP contribution is -2.46. The number of hydrogen-bond donors (Lipinski definition) is 4. The molecule has 2 rings (SSSR count). The number of benzene rings is 2. The smallest absolute Gasteiger partial charge is 0.312 e. The zero-order valence-corrected chi connectivity index (χ0v) is 22.5. The molecule has 0 bridgehead atoms. The monoisotopic (exact) mass is 524 g/mol. The summed E-state index contributed by atoms with van der Waals surface area (Å²) < 4.78 is 0. The maximum Gasteiger partial charge on any atom is 0.312 e. The minimum atomic E-state index is -0.698. The highest BCUT2D eigenvalue weighted by molar-refractivity contribution is 5.87. The van der Waals surface area contributed by atoms with Gasteiger partial charge in [-0.05, 0) is 49.7 Å². The van der Waals surface area contributed by atoms with Crippen molar-refractivity contribution in [3.8, 4) is 0 Å². The van der Waals surface area contributed by atoms with Crippen molar-refractivity contribution in [2.45, 2.75) is 89.7 Å². The molecule has 0 aliphatic rings. The zero-order chi connectivity index (χ0) is 27.3. The Kier molecular flexibility index (Phi) is 16.0. The predicted octanol–water partition coefficient (Wildman–Crippen LogP) is 4.92. The largest absolute Gasteiger partial charge is 0.352 e. The van der Waals surface area contributed by atoms with Crippen LogP contribution in [0, 0.1) is 0 Å². The highest BCUT2D eigenvalue weighted by Gasteiger charge is 2.20. The normalized spacial score (nSPS) is 11.5. The first-order valence-electron chi connectivity index (χ1n) is 13.9. The number of nitrogens with one attached hydrogen (secondary N) is 3. The van der Waals surface area contributed by atoms with Crippen molar-refractivity contribution in [3.63, 3.8) is 0 Å². The van der Waals surface area contributed by atoms with E-state index in [0.717, 1.165) is 31.2 Å². The molecule has 1 atom stereocenters. The van der Waals surface area contributed by atoms with Gasteiger partial charge in [-0.2, -0.15) is 0 Å². The molecule has 208 valence electrons. The van der Waals surface area contributed by atoms with E-state index in [-0.39, 0.29) is 18.4 Å². The Morgan fingerprint density at radius 3 is 2.00 bits per heavy atom. The first-order chi connectivity index (χ1) is 18.5. The van der Waals surface area contributed by atoms with Gasteiger partial charge in [0, 0.05) is 13.0 Å². The van der Waals surface area contributed by atoms with Crippen molar-refractivity contribution >= 4 is 17.8 Å². The van der Waals surface area contributed by atoms with E-state index in [0.29, 0.717) is 32.2 Å². The quantitative estimate of drug-likeness (QED) is 0.145. The number of carbonyl (C=O) groups excluding carboxylic acids is 3. The topological polar surface area (TPSA) is 123 Å². The Labute approximate surface area is 227 Å². The molecule has 8 nitrogen and oxygen atoms in total. The van der Waals surface area contributed by atoms with Gasteiger partial charge in [-0.25, -0.2) is 10.3 Å². The lowest BCUT2D eigenvalue weighted by Gasteiger charge is -2.18. The first kappa shape index (κ1) is 30.8. The van der Waals surface area contributed by atoms with Crippen LogP contribution in [0.2, 0.25) is 0 Å². The van der Waals surface area contributed by atoms with Crippen LogP contribution < -0.4 is 21.8 Å². The summed E-state index contributed by atoms with van der Waals surface area (Å²) in [4.78, 5) is 41.4. The van der Waals surface area contributed by atoms with E-state index in [2.05, 4.69) is 40.4 Å². The van der Waals surface area contributed by atoms with Gasteiger partial charge in [-0.15, -0.1) is 0 Å². The molecule has 0 spiro atoms. The van der Waals surface area contributed by atoms with Gasteiger partial charge in [0.1, 0.15) is 6.04 Å². The standard InChI is InChI=1S/C30H44N4O4/c31-30(37)32-23-15-14-21-27(29(36)34-38-24-26-19-11-7-12-20-26)33-28(35)22-13-5-3-1-2-4-8-16-25-17-9-6-10-18-25/h6-7,9-12,17-20,27H,1-5,8,13-16,21-24H2,(H,33,35)(H,34,36)(H3,31,32,37)/t27-/m1/s1. The molecular formula is C30H44N4O4. The van der Waals surface area contributed by atoms with Crippen LogP contribution in [0.25, 0.3) is 0 Å². The zero-order valence-electron chi connectivity index (χ0n) is 22.5. The summed E-state index contributed by atoms with van der Waals surface area (Å²) in [5.41, 5.74) is 9.88. The average Bonchev–Trinajstić information content (AvgIpc) is 2.92. The molecule has 0 aliphatic carbocycles. The predicted molar refractivity (Wildman–Crippen MR) is 150 cm³/mol. The van der Waals surface area contributed by atoms with E-state index >= 15 is 0 Å². The molecule has 0 aromatic heterocycles. The Morgan fingerprint density at radius 2 is 1.34 bits per heavy atom. The van der Waals surface area contributed by atoms with Gasteiger partial charge < -0.3 is 16.4 Å². The van der Waals surface area contributed by atoms with Crippen LogP contribution in [0.5, 0.6) is 0 Å². The van der Waals surface area contributed by atoms with Crippen molar-refractivity contribution in [3.05, 3.63) is 71.8 Å². The van der Waals surface area contributed by atoms with Crippen LogP contribution in [-0.4, -0.2) is 30.4 Å². The molecule has 0 heterocycles. The number of primary amides is 1. The third-order valence-corrected chi connectivity index (χ3v) is 6.34. The summed E-state index contributed by atoms with van der Waals surface area (Å²) in [5, 5.41) is 5.39. The van der Waals surface area contributed by atoms with E-state index in [1.807, 2.05) is 36.4 Å². The molecule has 2 aromatic carbocycles. The number of aryl methyl sites for hydroxylation is 1. The lowest BCUT2D eigenvalue weighted by molar-refractivity contribution is -0.139. The summed E-state index contributed by atoms with van der Waals surface area (Å²) in [6.45, 7) is 0.663.